The first-order chi connectivity index (χ1) is 9.54. The van der Waals surface area contributed by atoms with Crippen LogP contribution in [0.3, 0.4) is 0 Å². The predicted octanol–water partition coefficient (Wildman–Crippen LogP) is 1.65. The van der Waals surface area contributed by atoms with E-state index < -0.39 is 17.9 Å². The summed E-state index contributed by atoms with van der Waals surface area (Å²) >= 11 is 0. The van der Waals surface area contributed by atoms with Gasteiger partial charge < -0.3 is 15.5 Å². The highest BCUT2D eigenvalue weighted by Crippen LogP contribution is 2.23. The average Bonchev–Trinajstić information content (AvgIpc) is 2.45. The number of nitrogens with one attached hydrogen (secondary N) is 1. The largest absolute Gasteiger partial charge is 0.478 e. The Hall–Kier alpha value is -2.40. The lowest BCUT2D eigenvalue weighted by Gasteiger charge is -2.13. The van der Waals surface area contributed by atoms with Gasteiger partial charge in [0.15, 0.2) is 0 Å². The van der Waals surface area contributed by atoms with Gasteiger partial charge in [0.05, 0.1) is 12.2 Å². The van der Waals surface area contributed by atoms with E-state index in [0.717, 1.165) is 0 Å². The number of aromatic carboxylic acids is 1. The molecule has 1 amide bonds. The number of carboxylic acid groups (broad SMARTS) is 1. The van der Waals surface area contributed by atoms with Gasteiger partial charge in [0, 0.05) is 17.0 Å². The average molecular weight is 273 g/mol. The van der Waals surface area contributed by atoms with Crippen LogP contribution in [-0.4, -0.2) is 34.7 Å². The van der Waals surface area contributed by atoms with Crippen molar-refractivity contribution in [3.05, 3.63) is 47.5 Å². The smallest absolute Gasteiger partial charge is 0.336 e. The summed E-state index contributed by atoms with van der Waals surface area (Å²) in [5.74, 6) is -1.48. The second-order valence-corrected chi connectivity index (χ2v) is 4.57. The molecule has 2 rings (SSSR count). The fourth-order valence-electron chi connectivity index (χ4n) is 2.06. The van der Waals surface area contributed by atoms with Crippen LogP contribution in [0, 0.1) is 0 Å². The molecule has 0 aliphatic rings. The topological polar surface area (TPSA) is 86.6 Å². The summed E-state index contributed by atoms with van der Waals surface area (Å²) < 4.78 is 0. The van der Waals surface area contributed by atoms with E-state index in [4.69, 9.17) is 5.11 Å². The van der Waals surface area contributed by atoms with Crippen molar-refractivity contribution < 1.29 is 19.8 Å². The molecule has 1 atom stereocenters. The van der Waals surface area contributed by atoms with Gasteiger partial charge in [-0.3, -0.25) is 4.79 Å². The van der Waals surface area contributed by atoms with E-state index in [1.807, 2.05) is 0 Å². The minimum Gasteiger partial charge on any atom is -0.478 e. The van der Waals surface area contributed by atoms with Gasteiger partial charge >= 0.3 is 5.97 Å². The Kier molecular flexibility index (Phi) is 4.00. The molecule has 0 radical (unpaired) electrons. The Morgan fingerprint density at radius 3 is 2.30 bits per heavy atom. The Balaban J connectivity index is 2.58. The molecule has 20 heavy (non-hydrogen) atoms. The minimum absolute atomic E-state index is 0.0879. The van der Waals surface area contributed by atoms with Crippen molar-refractivity contribution >= 4 is 22.6 Å². The highest BCUT2D eigenvalue weighted by Gasteiger charge is 2.17. The van der Waals surface area contributed by atoms with E-state index in [0.29, 0.717) is 16.3 Å². The number of benzene rings is 2. The zero-order chi connectivity index (χ0) is 14.7. The van der Waals surface area contributed by atoms with Gasteiger partial charge in [-0.25, -0.2) is 4.79 Å². The normalized spacial score (nSPS) is 12.1. The number of carbonyl (C=O) groups is 2. The maximum atomic E-state index is 12.2. The van der Waals surface area contributed by atoms with Crippen LogP contribution >= 0.6 is 0 Å². The number of hydrogen-bond donors (Lipinski definition) is 3. The molecule has 0 aliphatic carbocycles. The number of aliphatic hydroxyl groups excluding tert-OH is 1. The standard InChI is InChI=1S/C15H15NO4/c1-9(8-17)16-14(18)11-6-2-4-10-5-3-7-12(13(10)11)15(19)20/h2-7,9,17H,8H2,1H3,(H,16,18)(H,19,20)/t9-/m1/s1. The van der Waals surface area contributed by atoms with Crippen molar-refractivity contribution in [2.24, 2.45) is 0 Å². The molecule has 0 fully saturated rings. The molecule has 0 heterocycles. The van der Waals surface area contributed by atoms with Crippen molar-refractivity contribution in [1.29, 1.82) is 0 Å². The Labute approximate surface area is 115 Å². The van der Waals surface area contributed by atoms with E-state index >= 15 is 0 Å². The van der Waals surface area contributed by atoms with Crippen LogP contribution in [0.4, 0.5) is 0 Å². The second kappa shape index (κ2) is 5.71. The molecule has 0 aliphatic heterocycles. The number of carboxylic acids is 1. The third-order valence-corrected chi connectivity index (χ3v) is 3.03. The molecular weight excluding hydrogens is 258 g/mol. The van der Waals surface area contributed by atoms with Crippen LogP contribution in [0.5, 0.6) is 0 Å². The predicted molar refractivity (Wildman–Crippen MR) is 74.9 cm³/mol. The van der Waals surface area contributed by atoms with Crippen molar-refractivity contribution in [2.75, 3.05) is 6.61 Å². The molecular formula is C15H15NO4. The third kappa shape index (κ3) is 2.62. The van der Waals surface area contributed by atoms with Crippen LogP contribution in [0.25, 0.3) is 10.8 Å². The van der Waals surface area contributed by atoms with E-state index in [1.165, 1.54) is 6.07 Å². The molecule has 0 spiro atoms. The third-order valence-electron chi connectivity index (χ3n) is 3.03. The minimum atomic E-state index is -1.08. The zero-order valence-electron chi connectivity index (χ0n) is 11.0. The summed E-state index contributed by atoms with van der Waals surface area (Å²) in [6.07, 6.45) is 0. The number of hydrogen-bond acceptors (Lipinski definition) is 3. The van der Waals surface area contributed by atoms with Crippen molar-refractivity contribution in [3.8, 4) is 0 Å². The Morgan fingerprint density at radius 1 is 1.15 bits per heavy atom. The van der Waals surface area contributed by atoms with Crippen LogP contribution in [0.2, 0.25) is 0 Å². The molecule has 0 unspecified atom stereocenters. The highest BCUT2D eigenvalue weighted by atomic mass is 16.4. The molecule has 2 aromatic rings. The molecule has 3 N–H and O–H groups in total. The van der Waals surface area contributed by atoms with E-state index in [-0.39, 0.29) is 12.2 Å². The van der Waals surface area contributed by atoms with Gasteiger partial charge in [-0.1, -0.05) is 24.3 Å². The maximum absolute atomic E-state index is 12.2. The molecule has 0 saturated carbocycles. The van der Waals surface area contributed by atoms with Gasteiger partial charge in [-0.15, -0.1) is 0 Å². The van der Waals surface area contributed by atoms with Gasteiger partial charge in [-0.2, -0.15) is 0 Å². The molecule has 104 valence electrons. The lowest BCUT2D eigenvalue weighted by atomic mass is 9.98. The van der Waals surface area contributed by atoms with Crippen LogP contribution in [-0.2, 0) is 0 Å². The van der Waals surface area contributed by atoms with E-state index in [1.54, 1.807) is 37.3 Å². The highest BCUT2D eigenvalue weighted by molar-refractivity contribution is 6.14. The maximum Gasteiger partial charge on any atom is 0.336 e. The summed E-state index contributed by atoms with van der Waals surface area (Å²) in [5, 5.41) is 21.9. The first-order valence-corrected chi connectivity index (χ1v) is 6.21. The summed E-state index contributed by atoms with van der Waals surface area (Å²) in [6.45, 7) is 1.49. The lowest BCUT2D eigenvalue weighted by molar-refractivity contribution is 0.0699. The van der Waals surface area contributed by atoms with Crippen LogP contribution in [0.1, 0.15) is 27.6 Å². The van der Waals surface area contributed by atoms with Crippen LogP contribution in [0.15, 0.2) is 36.4 Å². The van der Waals surface area contributed by atoms with Gasteiger partial charge in [-0.05, 0) is 24.4 Å². The number of rotatable bonds is 4. The monoisotopic (exact) mass is 273 g/mol. The summed E-state index contributed by atoms with van der Waals surface area (Å²) in [5.41, 5.74) is 0.380. The van der Waals surface area contributed by atoms with Gasteiger partial charge in [0.2, 0.25) is 0 Å². The van der Waals surface area contributed by atoms with Crippen LogP contribution < -0.4 is 5.32 Å². The quantitative estimate of drug-likeness (QED) is 0.790. The number of amides is 1. The van der Waals surface area contributed by atoms with E-state index in [2.05, 4.69) is 5.32 Å². The Morgan fingerprint density at radius 2 is 1.75 bits per heavy atom. The fourth-order valence-corrected chi connectivity index (χ4v) is 2.06. The van der Waals surface area contributed by atoms with Gasteiger partial charge in [0.25, 0.3) is 5.91 Å². The molecule has 0 saturated heterocycles. The molecule has 5 heteroatoms. The molecule has 2 aromatic carbocycles. The molecule has 0 bridgehead atoms. The summed E-state index contributed by atoms with van der Waals surface area (Å²) in [6, 6.07) is 9.51. The van der Waals surface area contributed by atoms with Crippen molar-refractivity contribution in [3.63, 3.8) is 0 Å². The number of aliphatic hydroxyl groups is 1. The lowest BCUT2D eigenvalue weighted by Crippen LogP contribution is -2.35. The first kappa shape index (κ1) is 14.0. The first-order valence-electron chi connectivity index (χ1n) is 6.21. The van der Waals surface area contributed by atoms with Gasteiger partial charge in [0.1, 0.15) is 0 Å². The van der Waals surface area contributed by atoms with E-state index in [9.17, 15) is 14.7 Å². The van der Waals surface area contributed by atoms with Crippen molar-refractivity contribution in [2.45, 2.75) is 13.0 Å². The summed E-state index contributed by atoms with van der Waals surface area (Å²) in [4.78, 5) is 23.5. The van der Waals surface area contributed by atoms with Crippen molar-refractivity contribution in [1.82, 2.24) is 5.32 Å². The number of fused-ring (bicyclic) bond motifs is 1. The Bertz CT molecular complexity index is 661. The summed E-state index contributed by atoms with van der Waals surface area (Å²) in [7, 11) is 0. The molecule has 0 aromatic heterocycles. The second-order valence-electron chi connectivity index (χ2n) is 4.57. The zero-order valence-corrected chi connectivity index (χ0v) is 11.0. The number of carbonyl (C=O) groups excluding carboxylic acids is 1. The SMILES string of the molecule is C[C@H](CO)NC(=O)c1cccc2cccc(C(=O)O)c12. The molecule has 5 nitrogen and oxygen atoms in total. The fraction of sp³-hybridized carbons (Fsp3) is 0.200.